The molecule has 90 valence electrons. The number of halogens is 1. The molecule has 3 N–H and O–H groups in total. The highest BCUT2D eigenvalue weighted by Crippen LogP contribution is 2.27. The van der Waals surface area contributed by atoms with Gasteiger partial charge >= 0.3 is 0 Å². The number of hydrogen-bond donors (Lipinski definition) is 2. The number of aromatic amines is 1. The van der Waals surface area contributed by atoms with Gasteiger partial charge in [-0.15, -0.1) is 0 Å². The summed E-state index contributed by atoms with van der Waals surface area (Å²) in [6, 6.07) is 6.47. The molecular weight excluding hydrogens is 306 g/mol. The van der Waals surface area contributed by atoms with Gasteiger partial charge in [-0.25, -0.2) is 13.4 Å². The van der Waals surface area contributed by atoms with Crippen LogP contribution in [0, 0.1) is 0 Å². The van der Waals surface area contributed by atoms with E-state index in [0.717, 1.165) is 5.56 Å². The smallest absolute Gasteiger partial charge is 0.198 e. The van der Waals surface area contributed by atoms with E-state index < -0.39 is 9.84 Å². The van der Waals surface area contributed by atoms with Gasteiger partial charge in [-0.1, -0.05) is 12.1 Å². The number of nitrogens with two attached hydrogens (primary N) is 1. The van der Waals surface area contributed by atoms with Gasteiger partial charge in [0.05, 0.1) is 4.90 Å². The third kappa shape index (κ3) is 2.50. The Morgan fingerprint density at radius 2 is 1.88 bits per heavy atom. The van der Waals surface area contributed by atoms with Crippen LogP contribution in [0.15, 0.2) is 33.8 Å². The van der Waals surface area contributed by atoms with E-state index in [9.17, 15) is 8.42 Å². The molecule has 0 fully saturated rings. The van der Waals surface area contributed by atoms with Crippen LogP contribution < -0.4 is 5.73 Å². The molecule has 0 aliphatic carbocycles. The monoisotopic (exact) mass is 315 g/mol. The molecule has 7 heteroatoms. The van der Waals surface area contributed by atoms with Gasteiger partial charge in [-0.05, 0) is 28.1 Å². The Hall–Kier alpha value is -1.34. The molecule has 0 unspecified atom stereocenters. The average molecular weight is 316 g/mol. The molecular formula is C10H10BrN3O2S. The van der Waals surface area contributed by atoms with E-state index in [-0.39, 0.29) is 4.90 Å². The summed E-state index contributed by atoms with van der Waals surface area (Å²) in [5.74, 6) is 0.305. The first-order chi connectivity index (χ1) is 7.88. The second-order valence-corrected chi connectivity index (χ2v) is 6.39. The van der Waals surface area contributed by atoms with E-state index in [2.05, 4.69) is 25.9 Å². The molecule has 2 aromatic rings. The van der Waals surface area contributed by atoms with Crippen molar-refractivity contribution >= 4 is 31.7 Å². The first-order valence-corrected chi connectivity index (χ1v) is 7.38. The van der Waals surface area contributed by atoms with Gasteiger partial charge in [0, 0.05) is 11.8 Å². The molecule has 1 aromatic heterocycles. The van der Waals surface area contributed by atoms with Crippen molar-refractivity contribution in [2.75, 3.05) is 12.0 Å². The Morgan fingerprint density at radius 3 is 2.29 bits per heavy atom. The molecule has 0 radical (unpaired) electrons. The Kier molecular flexibility index (Phi) is 2.96. The van der Waals surface area contributed by atoms with Crippen LogP contribution in [0.5, 0.6) is 0 Å². The fraction of sp³-hybridized carbons (Fsp3) is 0.100. The van der Waals surface area contributed by atoms with Crippen molar-refractivity contribution in [1.82, 2.24) is 9.97 Å². The second kappa shape index (κ2) is 4.15. The molecule has 0 atom stereocenters. The lowest BCUT2D eigenvalue weighted by Crippen LogP contribution is -1.96. The number of sulfone groups is 1. The van der Waals surface area contributed by atoms with Crippen molar-refractivity contribution in [3.63, 3.8) is 0 Å². The number of nitrogens with one attached hydrogen (secondary N) is 1. The highest BCUT2D eigenvalue weighted by molar-refractivity contribution is 9.10. The molecule has 0 aliphatic heterocycles. The number of nitrogen functional groups attached to an aromatic ring is 1. The fourth-order valence-corrected chi connectivity index (χ4v) is 2.57. The Morgan fingerprint density at radius 1 is 1.29 bits per heavy atom. The first kappa shape index (κ1) is 12.1. The molecule has 1 aromatic carbocycles. The summed E-state index contributed by atoms with van der Waals surface area (Å²) in [5.41, 5.74) is 6.97. The number of benzene rings is 1. The van der Waals surface area contributed by atoms with Crippen molar-refractivity contribution in [1.29, 1.82) is 0 Å². The Bertz CT molecular complexity index is 647. The summed E-state index contributed by atoms with van der Waals surface area (Å²) in [6.07, 6.45) is 1.17. The van der Waals surface area contributed by atoms with Gasteiger partial charge in [0.2, 0.25) is 0 Å². The summed E-state index contributed by atoms with van der Waals surface area (Å²) in [4.78, 5) is 7.19. The molecule has 0 amide bonds. The van der Waals surface area contributed by atoms with Crippen LogP contribution in [0.25, 0.3) is 11.3 Å². The molecule has 17 heavy (non-hydrogen) atoms. The minimum Gasteiger partial charge on any atom is -0.369 e. The summed E-state index contributed by atoms with van der Waals surface area (Å²) >= 11 is 3.30. The van der Waals surface area contributed by atoms with Crippen molar-refractivity contribution in [3.05, 3.63) is 28.9 Å². The number of hydrogen-bond acceptors (Lipinski definition) is 4. The maximum Gasteiger partial charge on any atom is 0.198 e. The quantitative estimate of drug-likeness (QED) is 0.884. The van der Waals surface area contributed by atoms with Crippen LogP contribution in [0.3, 0.4) is 0 Å². The minimum atomic E-state index is -3.17. The van der Waals surface area contributed by atoms with E-state index >= 15 is 0 Å². The van der Waals surface area contributed by atoms with Gasteiger partial charge < -0.3 is 10.7 Å². The lowest BCUT2D eigenvalue weighted by atomic mass is 10.2. The third-order valence-corrected chi connectivity index (χ3v) is 3.94. The predicted octanol–water partition coefficient (Wildman–Crippen LogP) is 1.82. The molecule has 0 saturated carbocycles. The maximum atomic E-state index is 11.3. The first-order valence-electron chi connectivity index (χ1n) is 4.69. The van der Waals surface area contributed by atoms with Gasteiger partial charge in [-0.2, -0.15) is 0 Å². The van der Waals surface area contributed by atoms with Crippen LogP contribution in [0.4, 0.5) is 5.95 Å². The lowest BCUT2D eigenvalue weighted by Gasteiger charge is -2.00. The van der Waals surface area contributed by atoms with Crippen LogP contribution in [-0.2, 0) is 9.84 Å². The SMILES string of the molecule is CS(=O)(=O)c1ccc(-c2nc(N)[nH]c2Br)cc1. The van der Waals surface area contributed by atoms with Crippen LogP contribution >= 0.6 is 15.9 Å². The number of rotatable bonds is 2. The molecule has 0 spiro atoms. The molecule has 1 heterocycles. The van der Waals surface area contributed by atoms with Crippen molar-refractivity contribution in [3.8, 4) is 11.3 Å². The van der Waals surface area contributed by atoms with Crippen molar-refractivity contribution in [2.45, 2.75) is 4.90 Å². The molecule has 0 saturated heterocycles. The van der Waals surface area contributed by atoms with Gasteiger partial charge in [0.25, 0.3) is 0 Å². The second-order valence-electron chi connectivity index (χ2n) is 3.58. The maximum absolute atomic E-state index is 11.3. The van der Waals surface area contributed by atoms with E-state index in [0.29, 0.717) is 16.2 Å². The molecule has 0 bridgehead atoms. The van der Waals surface area contributed by atoms with Gasteiger partial charge in [0.1, 0.15) is 10.3 Å². The molecule has 0 aliphatic rings. The summed E-state index contributed by atoms with van der Waals surface area (Å²) in [7, 11) is -3.17. The zero-order chi connectivity index (χ0) is 12.6. The van der Waals surface area contributed by atoms with Crippen LogP contribution in [0.2, 0.25) is 0 Å². The number of nitrogens with zero attached hydrogens (tertiary/aromatic N) is 1. The summed E-state index contributed by atoms with van der Waals surface area (Å²) in [6.45, 7) is 0. The Balaban J connectivity index is 2.46. The van der Waals surface area contributed by atoms with Gasteiger partial charge in [0.15, 0.2) is 15.8 Å². The summed E-state index contributed by atoms with van der Waals surface area (Å²) in [5, 5.41) is 0. The Labute approximate surface area is 107 Å². The van der Waals surface area contributed by atoms with Gasteiger partial charge in [-0.3, -0.25) is 0 Å². The normalized spacial score (nSPS) is 11.6. The minimum absolute atomic E-state index is 0.279. The van der Waals surface area contributed by atoms with E-state index in [1.165, 1.54) is 6.26 Å². The topological polar surface area (TPSA) is 88.8 Å². The fourth-order valence-electron chi connectivity index (χ4n) is 1.42. The largest absolute Gasteiger partial charge is 0.369 e. The van der Waals surface area contributed by atoms with E-state index in [1.807, 2.05) is 0 Å². The summed E-state index contributed by atoms with van der Waals surface area (Å²) < 4.78 is 23.3. The molecule has 5 nitrogen and oxygen atoms in total. The van der Waals surface area contributed by atoms with Crippen LogP contribution in [0.1, 0.15) is 0 Å². The molecule has 2 rings (SSSR count). The number of H-pyrrole nitrogens is 1. The third-order valence-electron chi connectivity index (χ3n) is 2.23. The van der Waals surface area contributed by atoms with E-state index in [4.69, 9.17) is 5.73 Å². The van der Waals surface area contributed by atoms with Crippen molar-refractivity contribution < 1.29 is 8.42 Å². The highest BCUT2D eigenvalue weighted by Gasteiger charge is 2.11. The number of anilines is 1. The zero-order valence-corrected chi connectivity index (χ0v) is 11.3. The number of aromatic nitrogens is 2. The average Bonchev–Trinajstić information content (AvgIpc) is 2.57. The zero-order valence-electron chi connectivity index (χ0n) is 8.94. The standard InChI is InChI=1S/C10H10BrN3O2S/c1-17(15,16)7-4-2-6(3-5-7)8-9(11)14-10(12)13-8/h2-5H,1H3,(H3,12,13,14). The number of imidazole rings is 1. The van der Waals surface area contributed by atoms with Crippen LogP contribution in [-0.4, -0.2) is 24.6 Å². The van der Waals surface area contributed by atoms with Crippen molar-refractivity contribution in [2.24, 2.45) is 0 Å². The highest BCUT2D eigenvalue weighted by atomic mass is 79.9. The van der Waals surface area contributed by atoms with E-state index in [1.54, 1.807) is 24.3 Å². The lowest BCUT2D eigenvalue weighted by molar-refractivity contribution is 0.602. The predicted molar refractivity (Wildman–Crippen MR) is 69.2 cm³/mol.